The highest BCUT2D eigenvalue weighted by atomic mass is 16.5. The lowest BCUT2D eigenvalue weighted by atomic mass is 10.2. The summed E-state index contributed by atoms with van der Waals surface area (Å²) in [5.74, 6) is 1.77. The molecule has 1 N–H and O–H groups in total. The maximum absolute atomic E-state index is 12.6. The van der Waals surface area contributed by atoms with Crippen LogP contribution in [0.5, 0.6) is 11.5 Å². The molecule has 2 rings (SSSR count). The number of ether oxygens (including phenoxy) is 2. The predicted octanol–water partition coefficient (Wildman–Crippen LogP) is 3.59. The zero-order chi connectivity index (χ0) is 18.2. The third-order valence-corrected chi connectivity index (χ3v) is 3.90. The number of pyridine rings is 1. The van der Waals surface area contributed by atoms with Crippen LogP contribution in [0.15, 0.2) is 36.5 Å². The van der Waals surface area contributed by atoms with Gasteiger partial charge in [-0.2, -0.15) is 0 Å². The Bertz CT molecular complexity index is 719. The number of carbonyl (C=O) groups is 1. The molecule has 0 radical (unpaired) electrons. The topological polar surface area (TPSA) is 63.7 Å². The van der Waals surface area contributed by atoms with Gasteiger partial charge in [0.05, 0.1) is 19.9 Å². The van der Waals surface area contributed by atoms with Crippen molar-refractivity contribution in [3.8, 4) is 11.5 Å². The molecule has 134 valence electrons. The molecule has 0 aliphatic heterocycles. The molecule has 1 aromatic carbocycles. The number of methoxy groups -OCH3 is 2. The minimum atomic E-state index is -0.223. The van der Waals surface area contributed by atoms with Gasteiger partial charge in [0.2, 0.25) is 0 Å². The maximum atomic E-state index is 12.6. The van der Waals surface area contributed by atoms with Crippen molar-refractivity contribution < 1.29 is 14.3 Å². The second kappa shape index (κ2) is 8.92. The molecule has 6 heteroatoms. The van der Waals surface area contributed by atoms with Gasteiger partial charge < -0.3 is 19.7 Å². The second-order valence-corrected chi connectivity index (χ2v) is 5.70. The number of carbonyl (C=O) groups excluding carboxylic acids is 1. The van der Waals surface area contributed by atoms with Gasteiger partial charge in [-0.15, -0.1) is 0 Å². The third kappa shape index (κ3) is 4.86. The summed E-state index contributed by atoms with van der Waals surface area (Å²) in [6.45, 7) is 3.05. The van der Waals surface area contributed by atoms with Crippen molar-refractivity contribution >= 4 is 17.4 Å². The zero-order valence-electron chi connectivity index (χ0n) is 15.2. The van der Waals surface area contributed by atoms with Gasteiger partial charge >= 0.3 is 0 Å². The molecular weight excluding hydrogens is 318 g/mol. The molecule has 0 unspecified atom stereocenters. The fourth-order valence-electron chi connectivity index (χ4n) is 2.38. The smallest absolute Gasteiger partial charge is 0.255 e. The van der Waals surface area contributed by atoms with Crippen LogP contribution in [0.2, 0.25) is 0 Å². The molecule has 1 heterocycles. The van der Waals surface area contributed by atoms with Crippen LogP contribution in [0, 0.1) is 0 Å². The highest BCUT2D eigenvalue weighted by Gasteiger charge is 2.13. The largest absolute Gasteiger partial charge is 0.497 e. The number of amides is 1. The van der Waals surface area contributed by atoms with E-state index in [4.69, 9.17) is 9.47 Å². The molecule has 1 amide bonds. The van der Waals surface area contributed by atoms with E-state index in [1.807, 2.05) is 11.9 Å². The molecule has 0 atom stereocenters. The predicted molar refractivity (Wildman–Crippen MR) is 99.9 cm³/mol. The first-order valence-electron chi connectivity index (χ1n) is 8.29. The van der Waals surface area contributed by atoms with Crippen LogP contribution in [0.1, 0.15) is 30.1 Å². The Morgan fingerprint density at radius 2 is 2.00 bits per heavy atom. The average Bonchev–Trinajstić information content (AvgIpc) is 2.66. The van der Waals surface area contributed by atoms with E-state index in [1.165, 1.54) is 0 Å². The maximum Gasteiger partial charge on any atom is 0.255 e. The molecule has 0 aliphatic rings. The standard InChI is InChI=1S/C19H25N3O3/c1-5-6-11-22(2)18-12-14(9-10-20-18)19(23)21-16-13-15(24-3)7-8-17(16)25-4/h7-10,12-13H,5-6,11H2,1-4H3,(H,21,23). The monoisotopic (exact) mass is 343 g/mol. The third-order valence-electron chi connectivity index (χ3n) is 3.90. The summed E-state index contributed by atoms with van der Waals surface area (Å²) in [4.78, 5) is 19.0. The van der Waals surface area contributed by atoms with Crippen molar-refractivity contribution in [1.29, 1.82) is 0 Å². The van der Waals surface area contributed by atoms with Gasteiger partial charge in [-0.25, -0.2) is 4.98 Å². The number of anilines is 2. The summed E-state index contributed by atoms with van der Waals surface area (Å²) in [7, 11) is 5.12. The number of unbranched alkanes of at least 4 members (excludes halogenated alkanes) is 1. The summed E-state index contributed by atoms with van der Waals surface area (Å²) >= 11 is 0. The van der Waals surface area contributed by atoms with E-state index in [0.29, 0.717) is 22.7 Å². The first kappa shape index (κ1) is 18.6. The summed E-state index contributed by atoms with van der Waals surface area (Å²) in [6.07, 6.45) is 3.84. The van der Waals surface area contributed by atoms with Crippen molar-refractivity contribution in [2.45, 2.75) is 19.8 Å². The normalized spacial score (nSPS) is 10.2. The average molecular weight is 343 g/mol. The van der Waals surface area contributed by atoms with Crippen molar-refractivity contribution in [2.75, 3.05) is 38.0 Å². The van der Waals surface area contributed by atoms with Crippen LogP contribution in [0.3, 0.4) is 0 Å². The van der Waals surface area contributed by atoms with Gasteiger partial charge in [-0.3, -0.25) is 4.79 Å². The SMILES string of the molecule is CCCCN(C)c1cc(C(=O)Nc2cc(OC)ccc2OC)ccn1. The van der Waals surface area contributed by atoms with Crippen LogP contribution < -0.4 is 19.7 Å². The van der Waals surface area contributed by atoms with E-state index in [1.54, 1.807) is 50.7 Å². The molecule has 1 aromatic heterocycles. The Morgan fingerprint density at radius 3 is 2.68 bits per heavy atom. The van der Waals surface area contributed by atoms with Gasteiger partial charge in [-0.05, 0) is 30.7 Å². The Labute approximate surface area is 148 Å². The summed E-state index contributed by atoms with van der Waals surface area (Å²) < 4.78 is 10.5. The summed E-state index contributed by atoms with van der Waals surface area (Å²) in [6, 6.07) is 8.75. The van der Waals surface area contributed by atoms with E-state index in [2.05, 4.69) is 17.2 Å². The highest BCUT2D eigenvalue weighted by molar-refractivity contribution is 6.05. The molecule has 0 fully saturated rings. The lowest BCUT2D eigenvalue weighted by molar-refractivity contribution is 0.102. The van der Waals surface area contributed by atoms with E-state index >= 15 is 0 Å². The number of hydrogen-bond donors (Lipinski definition) is 1. The molecule has 0 aliphatic carbocycles. The molecule has 2 aromatic rings. The molecule has 25 heavy (non-hydrogen) atoms. The lowest BCUT2D eigenvalue weighted by Crippen LogP contribution is -2.20. The molecule has 0 bridgehead atoms. The van der Waals surface area contributed by atoms with Crippen molar-refractivity contribution in [3.63, 3.8) is 0 Å². The first-order valence-corrected chi connectivity index (χ1v) is 8.29. The highest BCUT2D eigenvalue weighted by Crippen LogP contribution is 2.29. The second-order valence-electron chi connectivity index (χ2n) is 5.70. The Morgan fingerprint density at radius 1 is 1.20 bits per heavy atom. The first-order chi connectivity index (χ1) is 12.1. The number of nitrogens with zero attached hydrogens (tertiary/aromatic N) is 2. The molecule has 0 spiro atoms. The van der Waals surface area contributed by atoms with E-state index < -0.39 is 0 Å². The van der Waals surface area contributed by atoms with Crippen molar-refractivity contribution in [3.05, 3.63) is 42.1 Å². The van der Waals surface area contributed by atoms with Gasteiger partial charge in [0.25, 0.3) is 5.91 Å². The van der Waals surface area contributed by atoms with E-state index in [0.717, 1.165) is 25.2 Å². The van der Waals surface area contributed by atoms with Gasteiger partial charge in [0.15, 0.2) is 0 Å². The van der Waals surface area contributed by atoms with Gasteiger partial charge in [-0.1, -0.05) is 13.3 Å². The van der Waals surface area contributed by atoms with Crippen molar-refractivity contribution in [1.82, 2.24) is 4.98 Å². The van der Waals surface area contributed by atoms with Gasteiger partial charge in [0, 0.05) is 31.4 Å². The van der Waals surface area contributed by atoms with E-state index in [9.17, 15) is 4.79 Å². The van der Waals surface area contributed by atoms with E-state index in [-0.39, 0.29) is 5.91 Å². The minimum Gasteiger partial charge on any atom is -0.497 e. The van der Waals surface area contributed by atoms with Crippen LogP contribution in [-0.2, 0) is 0 Å². The molecule has 6 nitrogen and oxygen atoms in total. The number of nitrogens with one attached hydrogen (secondary N) is 1. The molecule has 0 saturated heterocycles. The fourth-order valence-corrected chi connectivity index (χ4v) is 2.38. The van der Waals surface area contributed by atoms with Crippen LogP contribution in [-0.4, -0.2) is 38.7 Å². The number of rotatable bonds is 8. The van der Waals surface area contributed by atoms with Crippen LogP contribution >= 0.6 is 0 Å². The van der Waals surface area contributed by atoms with Crippen LogP contribution in [0.4, 0.5) is 11.5 Å². The summed E-state index contributed by atoms with van der Waals surface area (Å²) in [5, 5.41) is 2.87. The van der Waals surface area contributed by atoms with Gasteiger partial charge in [0.1, 0.15) is 17.3 Å². The Kier molecular flexibility index (Phi) is 6.62. The lowest BCUT2D eigenvalue weighted by Gasteiger charge is -2.18. The van der Waals surface area contributed by atoms with Crippen LogP contribution in [0.25, 0.3) is 0 Å². The summed E-state index contributed by atoms with van der Waals surface area (Å²) in [5.41, 5.74) is 1.10. The Hall–Kier alpha value is -2.76. The number of benzene rings is 1. The number of hydrogen-bond acceptors (Lipinski definition) is 5. The fraction of sp³-hybridized carbons (Fsp3) is 0.368. The number of aromatic nitrogens is 1. The Balaban J connectivity index is 2.18. The quantitative estimate of drug-likeness (QED) is 0.793. The zero-order valence-corrected chi connectivity index (χ0v) is 15.2. The molecule has 0 saturated carbocycles. The molecular formula is C19H25N3O3. The van der Waals surface area contributed by atoms with Crippen molar-refractivity contribution in [2.24, 2.45) is 0 Å². The minimum absolute atomic E-state index is 0.223.